The summed E-state index contributed by atoms with van der Waals surface area (Å²) in [6, 6.07) is 8.16. The molecule has 200 valence electrons. The number of methoxy groups -OCH3 is 1. The summed E-state index contributed by atoms with van der Waals surface area (Å²) in [6.45, 7) is 1.40. The Bertz CT molecular complexity index is 1370. The molecule has 0 amide bonds. The standard InChI is InChI=1S/C29H29F3N2O4/c1-38-22-6-8-26-23(15-22)29(25(32)16-33-26)27(35)9-4-18-10-12-34(17-20(18)14-28(36)37)11-2-3-19-13-21(30)5-7-24(19)31/h5-8,13,15-16,18,20,27,35H,4,9-12,14,17H2,1H3,(H,36,37). The van der Waals surface area contributed by atoms with E-state index in [4.69, 9.17) is 4.74 Å². The van der Waals surface area contributed by atoms with E-state index < -0.39 is 29.5 Å². The average Bonchev–Trinajstić information content (AvgIpc) is 2.89. The van der Waals surface area contributed by atoms with Crippen molar-refractivity contribution in [2.75, 3.05) is 26.7 Å². The molecule has 1 saturated heterocycles. The number of fused-ring (bicyclic) bond motifs is 1. The van der Waals surface area contributed by atoms with Crippen LogP contribution in [0.2, 0.25) is 0 Å². The van der Waals surface area contributed by atoms with E-state index in [1.165, 1.54) is 7.11 Å². The number of carboxylic acid groups (broad SMARTS) is 1. The van der Waals surface area contributed by atoms with Gasteiger partial charge in [-0.2, -0.15) is 0 Å². The molecule has 0 radical (unpaired) electrons. The fourth-order valence-electron chi connectivity index (χ4n) is 5.12. The van der Waals surface area contributed by atoms with Crippen LogP contribution in [0.4, 0.5) is 13.2 Å². The molecule has 0 bridgehead atoms. The van der Waals surface area contributed by atoms with Crippen LogP contribution in [0.15, 0.2) is 42.6 Å². The van der Waals surface area contributed by atoms with Crippen LogP contribution < -0.4 is 4.74 Å². The lowest BCUT2D eigenvalue weighted by Crippen LogP contribution is -2.41. The molecule has 1 aliphatic heterocycles. The summed E-state index contributed by atoms with van der Waals surface area (Å²) < 4.78 is 47.2. The second kappa shape index (κ2) is 12.3. The Morgan fingerprint density at radius 2 is 2.00 bits per heavy atom. The fourth-order valence-corrected chi connectivity index (χ4v) is 5.12. The van der Waals surface area contributed by atoms with E-state index in [0.29, 0.717) is 42.6 Å². The molecule has 1 fully saturated rings. The zero-order valence-corrected chi connectivity index (χ0v) is 21.0. The highest BCUT2D eigenvalue weighted by atomic mass is 19.1. The van der Waals surface area contributed by atoms with Crippen LogP contribution >= 0.6 is 0 Å². The van der Waals surface area contributed by atoms with Crippen molar-refractivity contribution in [1.29, 1.82) is 0 Å². The second-order valence-corrected chi connectivity index (χ2v) is 9.56. The Labute approximate surface area is 219 Å². The summed E-state index contributed by atoms with van der Waals surface area (Å²) in [5, 5.41) is 20.9. The van der Waals surface area contributed by atoms with Gasteiger partial charge in [0.2, 0.25) is 0 Å². The lowest BCUT2D eigenvalue weighted by Gasteiger charge is -2.37. The number of halogens is 3. The quantitative estimate of drug-likeness (QED) is 0.405. The summed E-state index contributed by atoms with van der Waals surface area (Å²) in [5.41, 5.74) is 0.669. The number of piperidine rings is 1. The number of aliphatic hydroxyl groups is 1. The number of benzene rings is 2. The van der Waals surface area contributed by atoms with Crippen LogP contribution in [0, 0.1) is 41.1 Å². The van der Waals surface area contributed by atoms with Crippen molar-refractivity contribution in [3.63, 3.8) is 0 Å². The third-order valence-corrected chi connectivity index (χ3v) is 7.08. The monoisotopic (exact) mass is 526 g/mol. The number of ether oxygens (including phenoxy) is 1. The molecule has 9 heteroatoms. The van der Waals surface area contributed by atoms with Gasteiger partial charge in [-0.25, -0.2) is 13.2 Å². The van der Waals surface area contributed by atoms with Gasteiger partial charge in [-0.1, -0.05) is 11.8 Å². The number of aromatic nitrogens is 1. The van der Waals surface area contributed by atoms with Gasteiger partial charge in [0.1, 0.15) is 23.2 Å². The van der Waals surface area contributed by atoms with Crippen molar-refractivity contribution in [2.45, 2.75) is 31.8 Å². The molecule has 1 aliphatic rings. The van der Waals surface area contributed by atoms with E-state index in [-0.39, 0.29) is 42.3 Å². The maximum Gasteiger partial charge on any atom is 0.303 e. The highest BCUT2D eigenvalue weighted by molar-refractivity contribution is 5.84. The first-order chi connectivity index (χ1) is 18.2. The van der Waals surface area contributed by atoms with E-state index in [0.717, 1.165) is 24.4 Å². The molecular formula is C29H29F3N2O4. The molecule has 1 aromatic heterocycles. The van der Waals surface area contributed by atoms with E-state index in [2.05, 4.69) is 16.8 Å². The molecule has 2 heterocycles. The number of carboxylic acids is 1. The molecule has 0 saturated carbocycles. The van der Waals surface area contributed by atoms with Gasteiger partial charge < -0.3 is 14.9 Å². The van der Waals surface area contributed by atoms with Crippen molar-refractivity contribution in [1.82, 2.24) is 9.88 Å². The first-order valence-electron chi connectivity index (χ1n) is 12.4. The summed E-state index contributed by atoms with van der Waals surface area (Å²) in [7, 11) is 1.50. The number of nitrogens with zero attached hydrogens (tertiary/aromatic N) is 2. The summed E-state index contributed by atoms with van der Waals surface area (Å²) >= 11 is 0. The Hall–Kier alpha value is -3.61. The second-order valence-electron chi connectivity index (χ2n) is 9.56. The Balaban J connectivity index is 1.42. The van der Waals surface area contributed by atoms with Gasteiger partial charge in [-0.15, -0.1) is 0 Å². The predicted octanol–water partition coefficient (Wildman–Crippen LogP) is 4.94. The molecule has 3 unspecified atom stereocenters. The molecule has 0 aliphatic carbocycles. The number of pyridine rings is 1. The van der Waals surface area contributed by atoms with Crippen LogP contribution in [0.25, 0.3) is 10.9 Å². The summed E-state index contributed by atoms with van der Waals surface area (Å²) in [6.07, 6.45) is 1.40. The first-order valence-corrected chi connectivity index (χ1v) is 12.4. The number of rotatable bonds is 8. The third kappa shape index (κ3) is 6.63. The molecule has 2 aromatic carbocycles. The number of aliphatic hydroxyl groups excluding tert-OH is 1. The van der Waals surface area contributed by atoms with Gasteiger partial charge in [-0.3, -0.25) is 14.7 Å². The van der Waals surface area contributed by atoms with Gasteiger partial charge in [0.15, 0.2) is 0 Å². The maximum absolute atomic E-state index is 14.8. The topological polar surface area (TPSA) is 82.9 Å². The van der Waals surface area contributed by atoms with Crippen molar-refractivity contribution in [3.05, 3.63) is 71.2 Å². The number of hydrogen-bond donors (Lipinski definition) is 2. The Morgan fingerprint density at radius 3 is 2.76 bits per heavy atom. The van der Waals surface area contributed by atoms with Gasteiger partial charge in [0.25, 0.3) is 0 Å². The van der Waals surface area contributed by atoms with E-state index in [1.807, 2.05) is 4.90 Å². The maximum atomic E-state index is 14.8. The number of hydrogen-bond acceptors (Lipinski definition) is 5. The van der Waals surface area contributed by atoms with Crippen molar-refractivity contribution in [2.24, 2.45) is 11.8 Å². The summed E-state index contributed by atoms with van der Waals surface area (Å²) in [5.74, 6) is 3.14. The van der Waals surface area contributed by atoms with Crippen molar-refractivity contribution in [3.8, 4) is 17.6 Å². The van der Waals surface area contributed by atoms with Crippen LogP contribution in [-0.4, -0.2) is 52.8 Å². The lowest BCUT2D eigenvalue weighted by atomic mass is 9.79. The smallest absolute Gasteiger partial charge is 0.303 e. The average molecular weight is 527 g/mol. The normalized spacial score (nSPS) is 18.6. The SMILES string of the molecule is COc1ccc2ncc(F)c(C(O)CCC3CCN(CC#Cc4cc(F)ccc4F)CC3CC(=O)O)c2c1. The molecule has 3 aromatic rings. The van der Waals surface area contributed by atoms with Crippen LogP contribution in [0.5, 0.6) is 5.75 Å². The minimum atomic E-state index is -1.09. The van der Waals surface area contributed by atoms with Gasteiger partial charge in [0, 0.05) is 23.9 Å². The molecule has 3 atom stereocenters. The van der Waals surface area contributed by atoms with Crippen molar-refractivity contribution < 1.29 is 32.9 Å². The number of carbonyl (C=O) groups is 1. The number of aliphatic carboxylic acids is 1. The van der Waals surface area contributed by atoms with Crippen LogP contribution in [-0.2, 0) is 4.79 Å². The molecule has 4 rings (SSSR count). The molecule has 2 N–H and O–H groups in total. The summed E-state index contributed by atoms with van der Waals surface area (Å²) in [4.78, 5) is 17.6. The first kappa shape index (κ1) is 27.4. The van der Waals surface area contributed by atoms with E-state index >= 15 is 0 Å². The zero-order chi connectivity index (χ0) is 27.2. The van der Waals surface area contributed by atoms with Gasteiger partial charge >= 0.3 is 5.97 Å². The van der Waals surface area contributed by atoms with Gasteiger partial charge in [0.05, 0.1) is 37.0 Å². The van der Waals surface area contributed by atoms with Gasteiger partial charge in [-0.05, 0) is 74.0 Å². The van der Waals surface area contributed by atoms with Crippen LogP contribution in [0.3, 0.4) is 0 Å². The number of likely N-dealkylation sites (tertiary alicyclic amines) is 1. The molecule has 38 heavy (non-hydrogen) atoms. The Morgan fingerprint density at radius 1 is 1.18 bits per heavy atom. The minimum Gasteiger partial charge on any atom is -0.497 e. The molecular weight excluding hydrogens is 497 g/mol. The minimum absolute atomic E-state index is 0.0105. The fraction of sp³-hybridized carbons (Fsp3) is 0.379. The van der Waals surface area contributed by atoms with E-state index in [1.54, 1.807) is 18.2 Å². The van der Waals surface area contributed by atoms with E-state index in [9.17, 15) is 28.2 Å². The van der Waals surface area contributed by atoms with Crippen molar-refractivity contribution >= 4 is 16.9 Å². The predicted molar refractivity (Wildman–Crippen MR) is 136 cm³/mol. The largest absolute Gasteiger partial charge is 0.497 e. The molecule has 6 nitrogen and oxygen atoms in total. The highest BCUT2D eigenvalue weighted by Gasteiger charge is 2.31. The lowest BCUT2D eigenvalue weighted by molar-refractivity contribution is -0.139. The molecule has 0 spiro atoms. The Kier molecular flexibility index (Phi) is 8.87. The third-order valence-electron chi connectivity index (χ3n) is 7.08. The van der Waals surface area contributed by atoms with Crippen LogP contribution in [0.1, 0.15) is 42.9 Å². The highest BCUT2D eigenvalue weighted by Crippen LogP contribution is 2.35. The zero-order valence-electron chi connectivity index (χ0n) is 21.0.